The number of nitrogens with zero attached hydrogens (tertiary/aromatic N) is 4. The number of aromatic nitrogens is 4. The molecule has 0 aliphatic carbocycles. The summed E-state index contributed by atoms with van der Waals surface area (Å²) < 4.78 is 16.8. The van der Waals surface area contributed by atoms with Crippen molar-refractivity contribution in [1.29, 1.82) is 0 Å². The summed E-state index contributed by atoms with van der Waals surface area (Å²) >= 11 is 0. The Bertz CT molecular complexity index is 2680. The average Bonchev–Trinajstić information content (AvgIpc) is 3.86. The zero-order valence-corrected chi connectivity index (χ0v) is 30.2. The summed E-state index contributed by atoms with van der Waals surface area (Å²) in [5.74, 6) is 2.73. The van der Waals surface area contributed by atoms with Crippen molar-refractivity contribution in [3.05, 3.63) is 145 Å². The molecule has 0 saturated carbocycles. The minimum Gasteiger partial charge on any atom is -0.509 e. The molecule has 0 atom stereocenters. The fourth-order valence-corrected chi connectivity index (χ4v) is 7.21. The first-order chi connectivity index (χ1) is 24.4. The SMILES string of the molecule is CC(C)c1cccc(C(C)C)c1-c1cnn(-c2[c-]c(Oc3[c-]c4c(cc3)c3ccc5oc6ccccc6c5c3n4-c3ccccn3)ccc2)c1.[Pd+2]. The molecule has 0 saturated heterocycles. The Balaban J connectivity index is 0.00000374. The number of ether oxygens (including phenoxy) is 1. The fraction of sp³-hybridized carbons (Fsp3) is 0.136. The largest absolute Gasteiger partial charge is 2.00 e. The van der Waals surface area contributed by atoms with Crippen molar-refractivity contribution < 1.29 is 29.6 Å². The molecular weight excluding hydrogens is 723 g/mol. The van der Waals surface area contributed by atoms with Crippen molar-refractivity contribution in [3.8, 4) is 34.1 Å². The second-order valence-electron chi connectivity index (χ2n) is 13.3. The van der Waals surface area contributed by atoms with Crippen LogP contribution in [0, 0.1) is 12.1 Å². The van der Waals surface area contributed by atoms with Crippen LogP contribution in [0.2, 0.25) is 0 Å². The molecule has 0 N–H and O–H groups in total. The monoisotopic (exact) mass is 756 g/mol. The minimum atomic E-state index is 0. The topological polar surface area (TPSA) is 58.0 Å². The second-order valence-corrected chi connectivity index (χ2v) is 13.3. The van der Waals surface area contributed by atoms with Gasteiger partial charge < -0.3 is 13.7 Å². The number of para-hydroxylation sites is 1. The Morgan fingerprint density at radius 2 is 1.43 bits per heavy atom. The van der Waals surface area contributed by atoms with Crippen molar-refractivity contribution in [2.75, 3.05) is 0 Å². The van der Waals surface area contributed by atoms with Gasteiger partial charge in [-0.3, -0.25) is 4.68 Å². The third-order valence-corrected chi connectivity index (χ3v) is 9.49. The van der Waals surface area contributed by atoms with E-state index in [-0.39, 0.29) is 20.4 Å². The first kappa shape index (κ1) is 32.7. The van der Waals surface area contributed by atoms with Gasteiger partial charge in [-0.25, -0.2) is 4.98 Å². The van der Waals surface area contributed by atoms with Gasteiger partial charge in [0.1, 0.15) is 17.0 Å². The van der Waals surface area contributed by atoms with E-state index in [0.717, 1.165) is 60.8 Å². The van der Waals surface area contributed by atoms with Crippen LogP contribution in [-0.4, -0.2) is 19.3 Å². The molecule has 0 aliphatic rings. The summed E-state index contributed by atoms with van der Waals surface area (Å²) in [5.41, 5.74) is 9.38. The number of benzene rings is 5. The van der Waals surface area contributed by atoms with Crippen LogP contribution < -0.4 is 4.74 Å². The maximum atomic E-state index is 6.47. The molecule has 0 spiro atoms. The zero-order valence-electron chi connectivity index (χ0n) is 28.6. The van der Waals surface area contributed by atoms with E-state index in [1.807, 2.05) is 77.7 Å². The van der Waals surface area contributed by atoms with Crippen molar-refractivity contribution >= 4 is 43.7 Å². The molecule has 9 rings (SSSR count). The van der Waals surface area contributed by atoms with Gasteiger partial charge in [0.05, 0.1) is 17.1 Å². The van der Waals surface area contributed by atoms with E-state index in [1.54, 1.807) is 0 Å². The van der Waals surface area contributed by atoms with Crippen LogP contribution >= 0.6 is 0 Å². The van der Waals surface area contributed by atoms with Crippen molar-refractivity contribution in [1.82, 2.24) is 19.3 Å². The molecule has 5 aromatic carbocycles. The van der Waals surface area contributed by atoms with Gasteiger partial charge >= 0.3 is 20.4 Å². The molecule has 7 heteroatoms. The second kappa shape index (κ2) is 13.0. The molecule has 9 aromatic rings. The number of hydrogen-bond donors (Lipinski definition) is 0. The Morgan fingerprint density at radius 1 is 0.686 bits per heavy atom. The molecule has 0 bridgehead atoms. The summed E-state index contributed by atoms with van der Waals surface area (Å²) in [6, 6.07) is 41.8. The van der Waals surface area contributed by atoms with Gasteiger partial charge in [0.15, 0.2) is 0 Å². The number of pyridine rings is 1. The Kier molecular flexibility index (Phi) is 8.34. The molecule has 0 fully saturated rings. The number of rotatable bonds is 7. The predicted octanol–water partition coefficient (Wildman–Crippen LogP) is 11.6. The molecule has 4 heterocycles. The van der Waals surface area contributed by atoms with E-state index in [9.17, 15) is 0 Å². The molecular formula is C44H34N4O2Pd. The Morgan fingerprint density at radius 3 is 2.22 bits per heavy atom. The number of furan rings is 1. The molecule has 0 unspecified atom stereocenters. The van der Waals surface area contributed by atoms with E-state index in [1.165, 1.54) is 16.7 Å². The van der Waals surface area contributed by atoms with Gasteiger partial charge in [-0.2, -0.15) is 17.2 Å². The predicted molar refractivity (Wildman–Crippen MR) is 201 cm³/mol. The first-order valence-corrected chi connectivity index (χ1v) is 17.0. The molecule has 0 aliphatic heterocycles. The summed E-state index contributed by atoms with van der Waals surface area (Å²) in [5, 5.41) is 9.02. The third kappa shape index (κ3) is 5.54. The van der Waals surface area contributed by atoms with Crippen molar-refractivity contribution in [3.63, 3.8) is 0 Å². The average molecular weight is 757 g/mol. The van der Waals surface area contributed by atoms with Gasteiger partial charge in [0.25, 0.3) is 0 Å². The van der Waals surface area contributed by atoms with E-state index in [4.69, 9.17) is 19.2 Å². The van der Waals surface area contributed by atoms with Crippen LogP contribution in [0.3, 0.4) is 0 Å². The van der Waals surface area contributed by atoms with E-state index >= 15 is 0 Å². The molecule has 252 valence electrons. The maximum absolute atomic E-state index is 6.47. The van der Waals surface area contributed by atoms with Crippen LogP contribution in [0.4, 0.5) is 0 Å². The van der Waals surface area contributed by atoms with Crippen LogP contribution in [0.25, 0.3) is 66.4 Å². The van der Waals surface area contributed by atoms with Gasteiger partial charge in [-0.05, 0) is 63.9 Å². The molecule has 4 aromatic heterocycles. The molecule has 51 heavy (non-hydrogen) atoms. The van der Waals surface area contributed by atoms with E-state index < -0.39 is 0 Å². The van der Waals surface area contributed by atoms with Crippen LogP contribution in [0.1, 0.15) is 50.7 Å². The van der Waals surface area contributed by atoms with E-state index in [0.29, 0.717) is 23.3 Å². The minimum absolute atomic E-state index is 0. The Labute approximate surface area is 310 Å². The summed E-state index contributed by atoms with van der Waals surface area (Å²) in [6.45, 7) is 8.97. The smallest absolute Gasteiger partial charge is 0.509 e. The van der Waals surface area contributed by atoms with Crippen molar-refractivity contribution in [2.45, 2.75) is 39.5 Å². The summed E-state index contributed by atoms with van der Waals surface area (Å²) in [7, 11) is 0. The van der Waals surface area contributed by atoms with Gasteiger partial charge in [0.2, 0.25) is 0 Å². The van der Waals surface area contributed by atoms with Crippen molar-refractivity contribution in [2.24, 2.45) is 0 Å². The zero-order chi connectivity index (χ0) is 33.9. The maximum Gasteiger partial charge on any atom is 2.00 e. The van der Waals surface area contributed by atoms with Crippen LogP contribution in [-0.2, 0) is 20.4 Å². The van der Waals surface area contributed by atoms with Gasteiger partial charge in [-0.1, -0.05) is 81.7 Å². The third-order valence-electron chi connectivity index (χ3n) is 9.49. The first-order valence-electron chi connectivity index (χ1n) is 17.0. The molecule has 0 amide bonds. The molecule has 6 nitrogen and oxygen atoms in total. The quantitative estimate of drug-likeness (QED) is 0.120. The standard InChI is InChI=1S/C44H34N4O2.Pd/c1-27(2)33-14-10-15-34(28(3)4)42(33)29-25-46-47(26-29)30-11-9-12-31(23-30)49-32-18-19-35-36-20-21-40-43(37-13-5-6-16-39(37)50-40)44(36)48(38(35)24-32)41-17-7-8-22-45-41;/h5-22,25-28H,1-4H3;/q-2;+2. The normalized spacial score (nSPS) is 11.7. The number of fused-ring (bicyclic) bond motifs is 7. The Hall–Kier alpha value is -5.48. The summed E-state index contributed by atoms with van der Waals surface area (Å²) in [4.78, 5) is 4.76. The fourth-order valence-electron chi connectivity index (χ4n) is 7.21. The van der Waals surface area contributed by atoms with Gasteiger partial charge in [-0.15, -0.1) is 35.7 Å². The van der Waals surface area contributed by atoms with E-state index in [2.05, 4.69) is 93.1 Å². The summed E-state index contributed by atoms with van der Waals surface area (Å²) in [6.07, 6.45) is 5.85. The van der Waals surface area contributed by atoms with Gasteiger partial charge in [0, 0.05) is 34.8 Å². The molecule has 0 radical (unpaired) electrons. The van der Waals surface area contributed by atoms with Crippen LogP contribution in [0.15, 0.2) is 126 Å². The number of hydrogen-bond acceptors (Lipinski definition) is 4. The van der Waals surface area contributed by atoms with Crippen LogP contribution in [0.5, 0.6) is 11.5 Å².